The molecule has 0 spiro atoms. The standard InChI is InChI=1S/C18H24N2/c1-12-5-7-14(8-6-12)20-13(2)9-15-16(19)10-18(3,4)11-17(15)20/h5-9,16H,10-11,19H2,1-4H3. The highest BCUT2D eigenvalue weighted by Gasteiger charge is 2.33. The molecule has 1 atom stereocenters. The van der Waals surface area contributed by atoms with Gasteiger partial charge in [-0.1, -0.05) is 31.5 Å². The average molecular weight is 268 g/mol. The third-order valence-corrected chi connectivity index (χ3v) is 4.43. The molecule has 20 heavy (non-hydrogen) atoms. The van der Waals surface area contributed by atoms with Crippen molar-refractivity contribution < 1.29 is 0 Å². The van der Waals surface area contributed by atoms with Gasteiger partial charge < -0.3 is 10.3 Å². The van der Waals surface area contributed by atoms with E-state index in [1.807, 2.05) is 0 Å². The summed E-state index contributed by atoms with van der Waals surface area (Å²) in [6.45, 7) is 8.94. The van der Waals surface area contributed by atoms with Crippen molar-refractivity contribution in [3.05, 3.63) is 52.8 Å². The molecule has 0 bridgehead atoms. The molecule has 1 heterocycles. The molecular weight excluding hydrogens is 244 g/mol. The molecule has 1 aliphatic rings. The number of benzene rings is 1. The minimum atomic E-state index is 0.166. The summed E-state index contributed by atoms with van der Waals surface area (Å²) in [5.41, 5.74) is 13.2. The normalized spacial score (nSPS) is 20.8. The van der Waals surface area contributed by atoms with Crippen LogP contribution >= 0.6 is 0 Å². The van der Waals surface area contributed by atoms with Crippen molar-refractivity contribution >= 4 is 0 Å². The van der Waals surface area contributed by atoms with Crippen LogP contribution in [0.1, 0.15) is 48.8 Å². The number of hydrogen-bond donors (Lipinski definition) is 1. The highest BCUT2D eigenvalue weighted by atomic mass is 15.0. The summed E-state index contributed by atoms with van der Waals surface area (Å²) in [5, 5.41) is 0. The smallest absolute Gasteiger partial charge is 0.0455 e. The number of nitrogens with two attached hydrogens (primary N) is 1. The zero-order chi connectivity index (χ0) is 14.5. The molecule has 0 aliphatic heterocycles. The van der Waals surface area contributed by atoms with Crippen molar-refractivity contribution in [2.24, 2.45) is 11.1 Å². The van der Waals surface area contributed by atoms with Crippen LogP contribution in [-0.4, -0.2) is 4.57 Å². The first-order valence-electron chi connectivity index (χ1n) is 7.41. The first kappa shape index (κ1) is 13.4. The topological polar surface area (TPSA) is 30.9 Å². The van der Waals surface area contributed by atoms with Crippen molar-refractivity contribution in [3.63, 3.8) is 0 Å². The molecule has 2 N–H and O–H groups in total. The second kappa shape index (κ2) is 4.49. The Labute approximate surface area is 121 Å². The van der Waals surface area contributed by atoms with Gasteiger partial charge in [-0.15, -0.1) is 0 Å². The van der Waals surface area contributed by atoms with Crippen LogP contribution in [0.4, 0.5) is 0 Å². The molecule has 0 saturated carbocycles. The van der Waals surface area contributed by atoms with Gasteiger partial charge in [0.05, 0.1) is 0 Å². The van der Waals surface area contributed by atoms with Gasteiger partial charge in [0.1, 0.15) is 0 Å². The van der Waals surface area contributed by atoms with E-state index in [0.717, 1.165) is 12.8 Å². The Morgan fingerprint density at radius 3 is 2.45 bits per heavy atom. The first-order chi connectivity index (χ1) is 9.37. The molecule has 2 nitrogen and oxygen atoms in total. The Kier molecular flexibility index (Phi) is 3.02. The van der Waals surface area contributed by atoms with Crippen LogP contribution in [0.3, 0.4) is 0 Å². The Morgan fingerprint density at radius 2 is 1.80 bits per heavy atom. The summed E-state index contributed by atoms with van der Waals surface area (Å²) >= 11 is 0. The summed E-state index contributed by atoms with van der Waals surface area (Å²) in [5.74, 6) is 0. The highest BCUT2D eigenvalue weighted by Crippen LogP contribution is 2.41. The Hall–Kier alpha value is -1.54. The van der Waals surface area contributed by atoms with Crippen LogP contribution in [0.2, 0.25) is 0 Å². The van der Waals surface area contributed by atoms with Crippen molar-refractivity contribution in [2.45, 2.75) is 46.6 Å². The largest absolute Gasteiger partial charge is 0.324 e. The van der Waals surface area contributed by atoms with E-state index in [-0.39, 0.29) is 11.5 Å². The van der Waals surface area contributed by atoms with E-state index < -0.39 is 0 Å². The fourth-order valence-corrected chi connectivity index (χ4v) is 3.50. The molecule has 1 aromatic heterocycles. The van der Waals surface area contributed by atoms with Crippen LogP contribution in [-0.2, 0) is 6.42 Å². The molecule has 1 aromatic carbocycles. The summed E-state index contributed by atoms with van der Waals surface area (Å²) in [6, 6.07) is 11.2. The summed E-state index contributed by atoms with van der Waals surface area (Å²) < 4.78 is 2.38. The Bertz CT molecular complexity index is 632. The highest BCUT2D eigenvalue weighted by molar-refractivity contribution is 5.44. The lowest BCUT2D eigenvalue weighted by Crippen LogP contribution is -2.30. The van der Waals surface area contributed by atoms with Crippen molar-refractivity contribution in [1.82, 2.24) is 4.57 Å². The van der Waals surface area contributed by atoms with Crippen LogP contribution in [0.25, 0.3) is 5.69 Å². The number of nitrogens with zero attached hydrogens (tertiary/aromatic N) is 1. The van der Waals surface area contributed by atoms with Gasteiger partial charge in [-0.2, -0.15) is 0 Å². The fraction of sp³-hybridized carbons (Fsp3) is 0.444. The molecule has 0 saturated heterocycles. The van der Waals surface area contributed by atoms with E-state index in [9.17, 15) is 0 Å². The molecule has 2 heteroatoms. The van der Waals surface area contributed by atoms with Crippen LogP contribution in [0.15, 0.2) is 30.3 Å². The minimum absolute atomic E-state index is 0.166. The van der Waals surface area contributed by atoms with Gasteiger partial charge in [0.25, 0.3) is 0 Å². The second-order valence-corrected chi connectivity index (χ2v) is 7.01. The molecule has 2 aromatic rings. The van der Waals surface area contributed by atoms with Gasteiger partial charge in [0.15, 0.2) is 0 Å². The van der Waals surface area contributed by atoms with Gasteiger partial charge in [-0.3, -0.25) is 0 Å². The van der Waals surface area contributed by atoms with E-state index in [1.54, 1.807) is 0 Å². The van der Waals surface area contributed by atoms with Gasteiger partial charge in [-0.25, -0.2) is 0 Å². The molecule has 3 rings (SSSR count). The number of rotatable bonds is 1. The number of hydrogen-bond acceptors (Lipinski definition) is 1. The monoisotopic (exact) mass is 268 g/mol. The number of fused-ring (bicyclic) bond motifs is 1. The van der Waals surface area contributed by atoms with Gasteiger partial charge in [0.2, 0.25) is 0 Å². The van der Waals surface area contributed by atoms with Crippen molar-refractivity contribution in [1.29, 1.82) is 0 Å². The molecule has 106 valence electrons. The van der Waals surface area contributed by atoms with Crippen molar-refractivity contribution in [2.75, 3.05) is 0 Å². The van der Waals surface area contributed by atoms with E-state index in [2.05, 4.69) is 62.6 Å². The Morgan fingerprint density at radius 1 is 1.15 bits per heavy atom. The van der Waals surface area contributed by atoms with Gasteiger partial charge >= 0.3 is 0 Å². The average Bonchev–Trinajstić information content (AvgIpc) is 2.66. The minimum Gasteiger partial charge on any atom is -0.324 e. The zero-order valence-electron chi connectivity index (χ0n) is 12.9. The first-order valence-corrected chi connectivity index (χ1v) is 7.41. The quantitative estimate of drug-likeness (QED) is 0.830. The lowest BCUT2D eigenvalue weighted by molar-refractivity contribution is 0.278. The van der Waals surface area contributed by atoms with Crippen LogP contribution < -0.4 is 5.73 Å². The lowest BCUT2D eigenvalue weighted by atomic mass is 9.74. The zero-order valence-corrected chi connectivity index (χ0v) is 12.9. The molecule has 0 radical (unpaired) electrons. The molecule has 1 unspecified atom stereocenters. The molecule has 0 amide bonds. The maximum Gasteiger partial charge on any atom is 0.0455 e. The lowest BCUT2D eigenvalue weighted by Gasteiger charge is -2.34. The summed E-state index contributed by atoms with van der Waals surface area (Å²) in [4.78, 5) is 0. The predicted molar refractivity (Wildman–Crippen MR) is 84.3 cm³/mol. The van der Waals surface area contributed by atoms with Crippen LogP contribution in [0, 0.1) is 19.3 Å². The maximum absolute atomic E-state index is 6.39. The molecule has 1 aliphatic carbocycles. The van der Waals surface area contributed by atoms with E-state index >= 15 is 0 Å². The summed E-state index contributed by atoms with van der Waals surface area (Å²) in [7, 11) is 0. The van der Waals surface area contributed by atoms with Gasteiger partial charge in [-0.05, 0) is 55.9 Å². The molecule has 0 fully saturated rings. The fourth-order valence-electron chi connectivity index (χ4n) is 3.50. The third-order valence-electron chi connectivity index (χ3n) is 4.43. The SMILES string of the molecule is Cc1ccc(-n2c(C)cc3c2CC(C)(C)CC3N)cc1. The second-order valence-electron chi connectivity index (χ2n) is 7.01. The van der Waals surface area contributed by atoms with Crippen LogP contribution in [0.5, 0.6) is 0 Å². The number of aromatic nitrogens is 1. The van der Waals surface area contributed by atoms with Crippen molar-refractivity contribution in [3.8, 4) is 5.69 Å². The van der Waals surface area contributed by atoms with Gasteiger partial charge in [0, 0.05) is 23.1 Å². The van der Waals surface area contributed by atoms with E-state index in [4.69, 9.17) is 5.73 Å². The Balaban J connectivity index is 2.16. The summed E-state index contributed by atoms with van der Waals surface area (Å²) in [6.07, 6.45) is 2.16. The van der Waals surface area contributed by atoms with E-state index in [0.29, 0.717) is 0 Å². The molecular formula is C18H24N2. The number of aryl methyl sites for hydroxylation is 2. The predicted octanol–water partition coefficient (Wildman–Crippen LogP) is 4.07. The van der Waals surface area contributed by atoms with E-state index in [1.165, 1.54) is 28.2 Å². The maximum atomic E-state index is 6.39. The third kappa shape index (κ3) is 2.18.